The summed E-state index contributed by atoms with van der Waals surface area (Å²) in [7, 11) is 0. The molecule has 4 unspecified atom stereocenters. The van der Waals surface area contributed by atoms with Crippen LogP contribution in [0.1, 0.15) is 234 Å². The van der Waals surface area contributed by atoms with Crippen molar-refractivity contribution in [3.05, 3.63) is 250 Å². The van der Waals surface area contributed by atoms with Crippen molar-refractivity contribution < 1.29 is 25.8 Å². The minimum Gasteiger partial charge on any atom is -0.681 e. The molecule has 7 heteroatoms. The van der Waals surface area contributed by atoms with Crippen molar-refractivity contribution >= 4 is 22.7 Å². The molecule has 4 heterocycles. The second kappa shape index (κ2) is 30.1. The molecule has 456 valence electrons. The van der Waals surface area contributed by atoms with Gasteiger partial charge in [-0.15, -0.1) is 17.4 Å². The molecule has 0 aliphatic carbocycles. The molecule has 0 saturated heterocycles. The number of benzene rings is 6. The molecule has 0 spiro atoms. The van der Waals surface area contributed by atoms with E-state index in [1.54, 1.807) is 0 Å². The number of rotatable bonds is 14. The van der Waals surface area contributed by atoms with Crippen LogP contribution < -0.4 is 10.6 Å². The second-order valence-electron chi connectivity index (χ2n) is 26.7. The average Bonchev–Trinajstić information content (AvgIpc) is 2.92. The first kappa shape index (κ1) is 70.5. The number of nitrogens with zero attached hydrogens (tertiary/aromatic N) is 4. The summed E-state index contributed by atoms with van der Waals surface area (Å²) < 4.78 is 0. The Kier molecular flexibility index (Phi) is 24.6. The number of anilines is 2. The predicted octanol–water partition coefficient (Wildman–Crippen LogP) is 23.2. The van der Waals surface area contributed by atoms with E-state index in [1.165, 1.54) is 67.0 Å². The molecule has 6 nitrogen and oxygen atoms in total. The minimum atomic E-state index is -0.225. The van der Waals surface area contributed by atoms with E-state index in [-0.39, 0.29) is 71.0 Å². The molecule has 8 aromatic rings. The normalized spacial score (nSPS) is 15.2. The summed E-state index contributed by atoms with van der Waals surface area (Å²) in [5.41, 5.74) is 24.1. The molecule has 2 aromatic heterocycles. The number of aromatic nitrogens is 2. The quantitative estimate of drug-likeness (QED) is 0.0840. The van der Waals surface area contributed by atoms with Crippen molar-refractivity contribution in [2.75, 3.05) is 10.6 Å². The molecule has 86 heavy (non-hydrogen) atoms. The molecule has 10 rings (SSSR count). The zero-order chi connectivity index (χ0) is 58.6. The SMILES string of the molecule is C.CC1CCc2cccc(-c3cccc(C(Nc4c(C(C)C)cccc4C(C)C)c4ccc(C(C)(C)C)cc4)n3)c2N1.CC1CCc2cccc(-c3cccc(C([N-]c4c(C(C)C)cccc4C(C)C)c4ccc(C(C)(C)C)cc4)n3)c2[N-]1.[CH3-].[CH3-].[Hf]. The molecular formula is C79H102HfN6-4. The Hall–Kier alpha value is -6.31. The molecule has 2 N–H and O–H groups in total. The Morgan fingerprint density at radius 3 is 1.49 bits per heavy atom. The van der Waals surface area contributed by atoms with Crippen molar-refractivity contribution in [3.63, 3.8) is 0 Å². The first-order valence-electron chi connectivity index (χ1n) is 30.6. The van der Waals surface area contributed by atoms with Crippen LogP contribution in [0.15, 0.2) is 158 Å². The standard InChI is InChI=1S/C38H47N3.C38H45N3.CH4.2CH3.Hf/c2*1-24(2)30-13-10-14-31(25(3)4)37(30)41-36(28-20-22-29(23-21-28)38(6,7)8)34-17-11-16-33(40-34)32-15-9-12-27-19-18-26(5)39-35(27)32;;;;/h9-17,20-26,36,39,41H,18-19H2,1-8H3;9-17,20-26,36H,18-19H2,1-8H3;1H4;2*1H3;/q;-2;;2*-1;. The van der Waals surface area contributed by atoms with Gasteiger partial charge < -0.3 is 36.1 Å². The number of fused-ring (bicyclic) bond motifs is 2. The Balaban J connectivity index is 0.000000300. The zero-order valence-electron chi connectivity index (χ0n) is 54.7. The van der Waals surface area contributed by atoms with Crippen LogP contribution in [-0.2, 0) is 49.5 Å². The third kappa shape index (κ3) is 16.2. The predicted molar refractivity (Wildman–Crippen MR) is 371 cm³/mol. The monoisotopic (exact) mass is 1310 g/mol. The van der Waals surface area contributed by atoms with Crippen LogP contribution >= 0.6 is 0 Å². The van der Waals surface area contributed by atoms with E-state index in [0.717, 1.165) is 71.0 Å². The largest absolute Gasteiger partial charge is 0.681 e. The topological polar surface area (TPSA) is 78.0 Å². The zero-order valence-corrected chi connectivity index (χ0v) is 58.3. The maximum absolute atomic E-state index is 5.58. The summed E-state index contributed by atoms with van der Waals surface area (Å²) in [4.78, 5) is 10.7. The molecule has 0 fully saturated rings. The van der Waals surface area contributed by atoms with E-state index < -0.39 is 0 Å². The number of pyridine rings is 2. The number of hydrogen-bond acceptors (Lipinski definition) is 4. The van der Waals surface area contributed by atoms with Gasteiger partial charge in [0.25, 0.3) is 0 Å². The van der Waals surface area contributed by atoms with Crippen molar-refractivity contribution in [2.24, 2.45) is 0 Å². The molecule has 0 radical (unpaired) electrons. The van der Waals surface area contributed by atoms with Crippen LogP contribution in [0.3, 0.4) is 0 Å². The van der Waals surface area contributed by atoms with Gasteiger partial charge in [-0.05, 0) is 130 Å². The van der Waals surface area contributed by atoms with Gasteiger partial charge in [0.15, 0.2) is 0 Å². The van der Waals surface area contributed by atoms with Gasteiger partial charge in [-0.1, -0.05) is 273 Å². The summed E-state index contributed by atoms with van der Waals surface area (Å²) >= 11 is 0. The van der Waals surface area contributed by atoms with E-state index >= 15 is 0 Å². The fourth-order valence-corrected chi connectivity index (χ4v) is 11.8. The van der Waals surface area contributed by atoms with Crippen LogP contribution in [0.5, 0.6) is 0 Å². The van der Waals surface area contributed by atoms with Gasteiger partial charge in [0.05, 0.1) is 23.1 Å². The van der Waals surface area contributed by atoms with Gasteiger partial charge >= 0.3 is 0 Å². The molecule has 0 saturated carbocycles. The van der Waals surface area contributed by atoms with Gasteiger partial charge in [0.1, 0.15) is 0 Å². The Labute approximate surface area is 540 Å². The van der Waals surface area contributed by atoms with Crippen molar-refractivity contribution in [3.8, 4) is 22.5 Å². The van der Waals surface area contributed by atoms with Crippen LogP contribution in [0.4, 0.5) is 22.7 Å². The van der Waals surface area contributed by atoms with Gasteiger partial charge in [0.2, 0.25) is 0 Å². The third-order valence-corrected chi connectivity index (χ3v) is 16.8. The number of para-hydroxylation sites is 4. The van der Waals surface area contributed by atoms with Crippen molar-refractivity contribution in [1.82, 2.24) is 9.97 Å². The van der Waals surface area contributed by atoms with E-state index in [2.05, 4.69) is 279 Å². The van der Waals surface area contributed by atoms with Crippen molar-refractivity contribution in [1.29, 1.82) is 0 Å². The fraction of sp³-hybridized carbons (Fsp3) is 0.392. The maximum Gasteiger partial charge on any atom is 0.0940 e. The van der Waals surface area contributed by atoms with E-state index in [4.69, 9.17) is 20.6 Å². The molecule has 6 aromatic carbocycles. The Morgan fingerprint density at radius 2 is 0.953 bits per heavy atom. The van der Waals surface area contributed by atoms with E-state index in [1.807, 2.05) is 0 Å². The maximum atomic E-state index is 5.58. The first-order chi connectivity index (χ1) is 39.0. The molecule has 2 aliphatic heterocycles. The second-order valence-corrected chi connectivity index (χ2v) is 26.7. The van der Waals surface area contributed by atoms with Gasteiger partial charge in [-0.25, -0.2) is 0 Å². The number of nitrogens with one attached hydrogen (secondary N) is 2. The Bertz CT molecular complexity index is 3170. The summed E-state index contributed by atoms with van der Waals surface area (Å²) in [6.07, 6.45) is 4.43. The van der Waals surface area contributed by atoms with Crippen LogP contribution in [0.2, 0.25) is 0 Å². The number of hydrogen-bond donors (Lipinski definition) is 2. The van der Waals surface area contributed by atoms with Crippen LogP contribution in [0.25, 0.3) is 33.1 Å². The Morgan fingerprint density at radius 1 is 0.512 bits per heavy atom. The van der Waals surface area contributed by atoms with E-state index in [9.17, 15) is 0 Å². The summed E-state index contributed by atoms with van der Waals surface area (Å²) in [5, 5.41) is 18.4. The van der Waals surface area contributed by atoms with Gasteiger partial charge in [-0.2, -0.15) is 0 Å². The van der Waals surface area contributed by atoms with Crippen LogP contribution in [0, 0.1) is 14.9 Å². The smallest absolute Gasteiger partial charge is 0.0940 e. The summed E-state index contributed by atoms with van der Waals surface area (Å²) in [6, 6.07) is 58.1. The van der Waals surface area contributed by atoms with Gasteiger partial charge in [0, 0.05) is 54.5 Å². The van der Waals surface area contributed by atoms with Crippen molar-refractivity contribution in [2.45, 2.75) is 203 Å². The molecule has 2 aliphatic rings. The summed E-state index contributed by atoms with van der Waals surface area (Å²) in [5.74, 6) is 1.55. The number of aryl methyl sites for hydroxylation is 2. The molecule has 4 atom stereocenters. The molecular weight excluding hydrogens is 1210 g/mol. The molecule has 0 bridgehead atoms. The van der Waals surface area contributed by atoms with E-state index in [0.29, 0.717) is 35.8 Å². The van der Waals surface area contributed by atoms with Crippen LogP contribution in [-0.4, -0.2) is 22.1 Å². The fourth-order valence-electron chi connectivity index (χ4n) is 11.8. The molecule has 0 amide bonds. The third-order valence-electron chi connectivity index (χ3n) is 16.8. The average molecular weight is 1310 g/mol. The minimum absolute atomic E-state index is 0. The van der Waals surface area contributed by atoms with Gasteiger partial charge in [-0.3, -0.25) is 9.97 Å². The summed E-state index contributed by atoms with van der Waals surface area (Å²) in [6.45, 7) is 36.2. The first-order valence-corrected chi connectivity index (χ1v) is 30.6.